The number of halogens is 1. The van der Waals surface area contributed by atoms with Crippen LogP contribution in [0.15, 0.2) is 18.3 Å². The number of carbonyl (C=O) groups excluding carboxylic acids is 1. The molecule has 1 aliphatic rings. The number of aromatic nitrogens is 1. The van der Waals surface area contributed by atoms with E-state index in [9.17, 15) is 9.18 Å². The second-order valence-electron chi connectivity index (χ2n) is 3.90. The van der Waals surface area contributed by atoms with E-state index in [1.807, 2.05) is 0 Å². The Bertz CT molecular complexity index is 366. The van der Waals surface area contributed by atoms with Gasteiger partial charge in [0.05, 0.1) is 6.20 Å². The van der Waals surface area contributed by atoms with Crippen molar-refractivity contribution in [3.8, 4) is 0 Å². The van der Waals surface area contributed by atoms with E-state index in [1.165, 1.54) is 12.3 Å². The first-order chi connectivity index (χ1) is 7.74. The smallest absolute Gasteiger partial charge is 0.222 e. The van der Waals surface area contributed by atoms with Gasteiger partial charge in [0.25, 0.3) is 0 Å². The van der Waals surface area contributed by atoms with Crippen molar-refractivity contribution in [1.82, 2.24) is 10.3 Å². The van der Waals surface area contributed by atoms with Crippen LogP contribution >= 0.6 is 0 Å². The van der Waals surface area contributed by atoms with Crippen molar-refractivity contribution in [1.29, 1.82) is 0 Å². The minimum atomic E-state index is -0.357. The number of pyridine rings is 1. The topological polar surface area (TPSA) is 54.0 Å². The van der Waals surface area contributed by atoms with E-state index < -0.39 is 0 Å². The SMILES string of the molecule is O=C1CC(Nc2ccc(F)cn2)CCCN1. The molecule has 86 valence electrons. The molecule has 0 saturated carbocycles. The van der Waals surface area contributed by atoms with E-state index in [1.54, 1.807) is 6.07 Å². The van der Waals surface area contributed by atoms with Crippen molar-refractivity contribution in [2.24, 2.45) is 0 Å². The van der Waals surface area contributed by atoms with Crippen LogP contribution in [0.25, 0.3) is 0 Å². The van der Waals surface area contributed by atoms with Gasteiger partial charge in [-0.25, -0.2) is 9.37 Å². The molecule has 1 amide bonds. The standard InChI is InChI=1S/C11H14FN3O/c12-8-3-4-10(14-7-8)15-9-2-1-5-13-11(16)6-9/h3-4,7,9H,1-2,5-6H2,(H,13,16)(H,14,15). The molecule has 1 unspecified atom stereocenters. The van der Waals surface area contributed by atoms with Gasteiger partial charge in [-0.3, -0.25) is 4.79 Å². The van der Waals surface area contributed by atoms with Gasteiger partial charge >= 0.3 is 0 Å². The molecule has 0 bridgehead atoms. The number of nitrogens with one attached hydrogen (secondary N) is 2. The van der Waals surface area contributed by atoms with Gasteiger partial charge in [0.15, 0.2) is 0 Å². The largest absolute Gasteiger partial charge is 0.367 e. The van der Waals surface area contributed by atoms with Gasteiger partial charge in [-0.05, 0) is 25.0 Å². The average Bonchev–Trinajstić information content (AvgIpc) is 2.46. The van der Waals surface area contributed by atoms with Crippen LogP contribution in [0.4, 0.5) is 10.2 Å². The molecule has 1 aliphatic heterocycles. The number of hydrogen-bond donors (Lipinski definition) is 2. The third-order valence-corrected chi connectivity index (χ3v) is 2.56. The molecule has 1 fully saturated rings. The summed E-state index contributed by atoms with van der Waals surface area (Å²) in [6.45, 7) is 0.730. The Kier molecular flexibility index (Phi) is 3.34. The maximum atomic E-state index is 12.6. The van der Waals surface area contributed by atoms with E-state index in [0.717, 1.165) is 19.4 Å². The molecule has 16 heavy (non-hydrogen) atoms. The van der Waals surface area contributed by atoms with E-state index in [4.69, 9.17) is 0 Å². The number of amides is 1. The molecule has 1 atom stereocenters. The summed E-state index contributed by atoms with van der Waals surface area (Å²) in [7, 11) is 0. The summed E-state index contributed by atoms with van der Waals surface area (Å²) in [4.78, 5) is 15.2. The highest BCUT2D eigenvalue weighted by molar-refractivity contribution is 5.77. The quantitative estimate of drug-likeness (QED) is 0.794. The molecule has 0 radical (unpaired) electrons. The number of anilines is 1. The molecule has 1 aromatic heterocycles. The van der Waals surface area contributed by atoms with Crippen molar-refractivity contribution >= 4 is 11.7 Å². The molecule has 1 saturated heterocycles. The van der Waals surface area contributed by atoms with Crippen molar-refractivity contribution in [3.63, 3.8) is 0 Å². The molecule has 2 heterocycles. The number of nitrogens with zero attached hydrogens (tertiary/aromatic N) is 1. The number of hydrogen-bond acceptors (Lipinski definition) is 3. The van der Waals surface area contributed by atoms with E-state index in [0.29, 0.717) is 12.2 Å². The van der Waals surface area contributed by atoms with Crippen LogP contribution in [0, 0.1) is 5.82 Å². The Hall–Kier alpha value is -1.65. The fourth-order valence-electron chi connectivity index (χ4n) is 1.77. The maximum Gasteiger partial charge on any atom is 0.222 e. The highest BCUT2D eigenvalue weighted by Crippen LogP contribution is 2.12. The third-order valence-electron chi connectivity index (χ3n) is 2.56. The van der Waals surface area contributed by atoms with Crippen LogP contribution < -0.4 is 10.6 Å². The van der Waals surface area contributed by atoms with Crippen LogP contribution in [0.1, 0.15) is 19.3 Å². The Morgan fingerprint density at radius 3 is 3.12 bits per heavy atom. The van der Waals surface area contributed by atoms with E-state index in [2.05, 4.69) is 15.6 Å². The van der Waals surface area contributed by atoms with Crippen LogP contribution in [-0.2, 0) is 4.79 Å². The minimum absolute atomic E-state index is 0.0529. The average molecular weight is 223 g/mol. The fourth-order valence-corrected chi connectivity index (χ4v) is 1.77. The normalized spacial score (nSPS) is 21.1. The Morgan fingerprint density at radius 1 is 1.50 bits per heavy atom. The van der Waals surface area contributed by atoms with Gasteiger partial charge in [0.2, 0.25) is 5.91 Å². The fraction of sp³-hybridized carbons (Fsp3) is 0.455. The summed E-state index contributed by atoms with van der Waals surface area (Å²) in [6.07, 6.45) is 3.47. The Morgan fingerprint density at radius 2 is 2.38 bits per heavy atom. The predicted octanol–water partition coefficient (Wildman–Crippen LogP) is 1.30. The van der Waals surface area contributed by atoms with Gasteiger partial charge in [-0.1, -0.05) is 0 Å². The summed E-state index contributed by atoms with van der Waals surface area (Å²) in [5.74, 6) is 0.308. The van der Waals surface area contributed by atoms with Gasteiger partial charge in [0.1, 0.15) is 11.6 Å². The zero-order chi connectivity index (χ0) is 11.4. The second kappa shape index (κ2) is 4.92. The molecule has 5 heteroatoms. The van der Waals surface area contributed by atoms with Crippen LogP contribution in [0.5, 0.6) is 0 Å². The van der Waals surface area contributed by atoms with Crippen molar-refractivity contribution in [2.75, 3.05) is 11.9 Å². The first-order valence-corrected chi connectivity index (χ1v) is 5.39. The lowest BCUT2D eigenvalue weighted by Crippen LogP contribution is -2.27. The maximum absolute atomic E-state index is 12.6. The zero-order valence-corrected chi connectivity index (χ0v) is 8.87. The van der Waals surface area contributed by atoms with Crippen molar-refractivity contribution < 1.29 is 9.18 Å². The molecule has 0 aromatic carbocycles. The van der Waals surface area contributed by atoms with Gasteiger partial charge in [-0.2, -0.15) is 0 Å². The second-order valence-corrected chi connectivity index (χ2v) is 3.90. The minimum Gasteiger partial charge on any atom is -0.367 e. The monoisotopic (exact) mass is 223 g/mol. The van der Waals surface area contributed by atoms with Gasteiger partial charge < -0.3 is 10.6 Å². The Labute approximate surface area is 93.3 Å². The number of carbonyl (C=O) groups is 1. The molecule has 0 spiro atoms. The van der Waals surface area contributed by atoms with E-state index in [-0.39, 0.29) is 17.8 Å². The molecule has 4 nitrogen and oxygen atoms in total. The van der Waals surface area contributed by atoms with Gasteiger partial charge in [-0.15, -0.1) is 0 Å². The molecule has 0 aliphatic carbocycles. The third kappa shape index (κ3) is 2.92. The van der Waals surface area contributed by atoms with Gasteiger partial charge in [0, 0.05) is 19.0 Å². The molecule has 2 rings (SSSR count). The van der Waals surface area contributed by atoms with Crippen molar-refractivity contribution in [2.45, 2.75) is 25.3 Å². The zero-order valence-electron chi connectivity index (χ0n) is 8.87. The molecular weight excluding hydrogens is 209 g/mol. The van der Waals surface area contributed by atoms with Crippen LogP contribution in [0.3, 0.4) is 0 Å². The summed E-state index contributed by atoms with van der Waals surface area (Å²) >= 11 is 0. The highest BCUT2D eigenvalue weighted by atomic mass is 19.1. The van der Waals surface area contributed by atoms with E-state index >= 15 is 0 Å². The van der Waals surface area contributed by atoms with Crippen LogP contribution in [0.2, 0.25) is 0 Å². The summed E-state index contributed by atoms with van der Waals surface area (Å²) < 4.78 is 12.6. The summed E-state index contributed by atoms with van der Waals surface area (Å²) in [5, 5.41) is 5.95. The van der Waals surface area contributed by atoms with Crippen LogP contribution in [-0.4, -0.2) is 23.5 Å². The molecule has 2 N–H and O–H groups in total. The lowest BCUT2D eigenvalue weighted by Gasteiger charge is -2.15. The highest BCUT2D eigenvalue weighted by Gasteiger charge is 2.17. The lowest BCUT2D eigenvalue weighted by molar-refractivity contribution is -0.120. The molecular formula is C11H14FN3O. The predicted molar refractivity (Wildman–Crippen MR) is 58.5 cm³/mol. The Balaban J connectivity index is 1.97. The number of rotatable bonds is 2. The molecule has 1 aromatic rings. The summed E-state index contributed by atoms with van der Waals surface area (Å²) in [6, 6.07) is 3.02. The first-order valence-electron chi connectivity index (χ1n) is 5.39. The lowest BCUT2D eigenvalue weighted by atomic mass is 10.1. The van der Waals surface area contributed by atoms with Crippen molar-refractivity contribution in [3.05, 3.63) is 24.1 Å². The first kappa shape index (κ1) is 10.9. The summed E-state index contributed by atoms with van der Waals surface area (Å²) in [5.41, 5.74) is 0.